The summed E-state index contributed by atoms with van der Waals surface area (Å²) in [5, 5.41) is 0.432. The molecule has 0 aliphatic carbocycles. The first kappa shape index (κ1) is 17.9. The number of aryl methyl sites for hydroxylation is 1. The second-order valence-electron chi connectivity index (χ2n) is 6.31. The number of halogens is 1. The molecule has 0 aliphatic rings. The maximum Gasteiger partial charge on any atom is 0.281 e. The Bertz CT molecular complexity index is 985. The highest BCUT2D eigenvalue weighted by atomic mass is 35.5. The van der Waals surface area contributed by atoms with Crippen LogP contribution >= 0.6 is 22.9 Å². The SMILES string of the molecule is CCCn1c(=NC(=O)c2ccccc2Cl)sc2cc(C(C)C)ccc21. The molecule has 0 saturated carbocycles. The topological polar surface area (TPSA) is 34.4 Å². The van der Waals surface area contributed by atoms with Gasteiger partial charge in [-0.05, 0) is 42.2 Å². The van der Waals surface area contributed by atoms with Gasteiger partial charge in [0, 0.05) is 6.54 Å². The minimum absolute atomic E-state index is 0.300. The molecule has 0 radical (unpaired) electrons. The van der Waals surface area contributed by atoms with Gasteiger partial charge >= 0.3 is 0 Å². The minimum atomic E-state index is -0.300. The number of benzene rings is 2. The summed E-state index contributed by atoms with van der Waals surface area (Å²) in [5.74, 6) is 0.169. The molecule has 2 aromatic carbocycles. The third-order valence-corrected chi connectivity index (χ3v) is 5.49. The van der Waals surface area contributed by atoms with E-state index in [0.29, 0.717) is 16.5 Å². The van der Waals surface area contributed by atoms with Crippen molar-refractivity contribution in [2.24, 2.45) is 4.99 Å². The number of aromatic nitrogens is 1. The van der Waals surface area contributed by atoms with Crippen molar-refractivity contribution >= 4 is 39.1 Å². The third kappa shape index (κ3) is 3.70. The second kappa shape index (κ2) is 7.54. The zero-order chi connectivity index (χ0) is 18.0. The maximum atomic E-state index is 12.6. The molecule has 25 heavy (non-hydrogen) atoms. The molecular formula is C20H21ClN2OS. The lowest BCUT2D eigenvalue weighted by Crippen LogP contribution is -2.17. The first-order chi connectivity index (χ1) is 12.0. The molecule has 1 amide bonds. The van der Waals surface area contributed by atoms with Gasteiger partial charge in [-0.2, -0.15) is 4.99 Å². The molecule has 0 N–H and O–H groups in total. The van der Waals surface area contributed by atoms with E-state index in [9.17, 15) is 4.79 Å². The lowest BCUT2D eigenvalue weighted by atomic mass is 10.0. The lowest BCUT2D eigenvalue weighted by Gasteiger charge is -2.06. The van der Waals surface area contributed by atoms with E-state index in [4.69, 9.17) is 11.6 Å². The van der Waals surface area contributed by atoms with Crippen LogP contribution in [-0.2, 0) is 6.54 Å². The van der Waals surface area contributed by atoms with Crippen molar-refractivity contribution in [3.8, 4) is 0 Å². The highest BCUT2D eigenvalue weighted by Crippen LogP contribution is 2.24. The number of carbonyl (C=O) groups excluding carboxylic acids is 1. The minimum Gasteiger partial charge on any atom is -0.316 e. The van der Waals surface area contributed by atoms with Crippen LogP contribution in [0.5, 0.6) is 0 Å². The monoisotopic (exact) mass is 372 g/mol. The number of thiazole rings is 1. The van der Waals surface area contributed by atoms with Crippen LogP contribution in [0.3, 0.4) is 0 Å². The standard InChI is InChI=1S/C20H21ClN2OS/c1-4-11-23-17-10-9-14(13(2)3)12-18(17)25-20(23)22-19(24)15-7-5-6-8-16(15)21/h5-10,12-13H,4,11H2,1-3H3. The zero-order valence-corrected chi connectivity index (χ0v) is 16.2. The van der Waals surface area contributed by atoms with Gasteiger partial charge in [-0.3, -0.25) is 4.79 Å². The molecule has 3 nitrogen and oxygen atoms in total. The van der Waals surface area contributed by atoms with Crippen molar-refractivity contribution < 1.29 is 4.79 Å². The fourth-order valence-corrected chi connectivity index (χ4v) is 4.08. The van der Waals surface area contributed by atoms with E-state index in [1.54, 1.807) is 29.5 Å². The number of hydrogen-bond donors (Lipinski definition) is 0. The number of hydrogen-bond acceptors (Lipinski definition) is 2. The molecule has 3 aromatic rings. The van der Waals surface area contributed by atoms with Crippen molar-refractivity contribution in [1.82, 2.24) is 4.57 Å². The van der Waals surface area contributed by atoms with Crippen molar-refractivity contribution in [3.05, 3.63) is 63.4 Å². The van der Waals surface area contributed by atoms with Gasteiger partial charge in [0.05, 0.1) is 20.8 Å². The van der Waals surface area contributed by atoms with Crippen LogP contribution in [0.15, 0.2) is 47.5 Å². The van der Waals surface area contributed by atoms with Gasteiger partial charge in [0.1, 0.15) is 0 Å². The summed E-state index contributed by atoms with van der Waals surface area (Å²) in [7, 11) is 0. The largest absolute Gasteiger partial charge is 0.316 e. The van der Waals surface area contributed by atoms with Gasteiger partial charge in [-0.1, -0.05) is 61.9 Å². The fourth-order valence-electron chi connectivity index (χ4n) is 2.76. The average molecular weight is 373 g/mol. The first-order valence-corrected chi connectivity index (χ1v) is 9.67. The van der Waals surface area contributed by atoms with Crippen LogP contribution in [0.25, 0.3) is 10.2 Å². The summed E-state index contributed by atoms with van der Waals surface area (Å²) >= 11 is 7.69. The Morgan fingerprint density at radius 1 is 1.24 bits per heavy atom. The Hall–Kier alpha value is -1.91. The number of carbonyl (C=O) groups is 1. The number of amides is 1. The van der Waals surface area contributed by atoms with Crippen LogP contribution in [0.4, 0.5) is 0 Å². The summed E-state index contributed by atoms with van der Waals surface area (Å²) in [6, 6.07) is 13.5. The van der Waals surface area contributed by atoms with Crippen LogP contribution in [0.1, 0.15) is 49.0 Å². The van der Waals surface area contributed by atoms with Crippen LogP contribution in [0.2, 0.25) is 5.02 Å². The van der Waals surface area contributed by atoms with Crippen molar-refractivity contribution in [1.29, 1.82) is 0 Å². The van der Waals surface area contributed by atoms with Crippen molar-refractivity contribution in [2.75, 3.05) is 0 Å². The number of fused-ring (bicyclic) bond motifs is 1. The molecule has 0 bridgehead atoms. The van der Waals surface area contributed by atoms with Crippen molar-refractivity contribution in [3.63, 3.8) is 0 Å². The normalized spacial score (nSPS) is 12.3. The highest BCUT2D eigenvalue weighted by Gasteiger charge is 2.12. The molecule has 0 saturated heterocycles. The molecule has 0 atom stereocenters. The summed E-state index contributed by atoms with van der Waals surface area (Å²) in [5.41, 5.74) is 2.86. The molecule has 5 heteroatoms. The highest BCUT2D eigenvalue weighted by molar-refractivity contribution is 7.16. The molecule has 0 spiro atoms. The summed E-state index contributed by atoms with van der Waals surface area (Å²) in [4.78, 5) is 17.7. The average Bonchev–Trinajstić information content (AvgIpc) is 2.92. The van der Waals surface area contributed by atoms with E-state index in [1.807, 2.05) is 6.07 Å². The summed E-state index contributed by atoms with van der Waals surface area (Å²) in [6.07, 6.45) is 0.977. The molecule has 0 fully saturated rings. The summed E-state index contributed by atoms with van der Waals surface area (Å²) < 4.78 is 3.28. The summed E-state index contributed by atoms with van der Waals surface area (Å²) in [6.45, 7) is 7.32. The Labute approximate surface area is 156 Å². The molecule has 3 rings (SSSR count). The van der Waals surface area contributed by atoms with E-state index in [-0.39, 0.29) is 5.91 Å². The predicted molar refractivity (Wildman–Crippen MR) is 106 cm³/mol. The van der Waals surface area contributed by atoms with Crippen molar-refractivity contribution in [2.45, 2.75) is 39.7 Å². The van der Waals surface area contributed by atoms with E-state index in [0.717, 1.165) is 28.0 Å². The second-order valence-corrected chi connectivity index (χ2v) is 7.73. The van der Waals surface area contributed by atoms with E-state index in [2.05, 4.69) is 48.5 Å². The molecular weight excluding hydrogens is 352 g/mol. The molecule has 0 aliphatic heterocycles. The van der Waals surface area contributed by atoms with Gasteiger partial charge < -0.3 is 4.57 Å². The Morgan fingerprint density at radius 2 is 2.00 bits per heavy atom. The Kier molecular flexibility index (Phi) is 5.40. The van der Waals surface area contributed by atoms with E-state index < -0.39 is 0 Å². The molecule has 130 valence electrons. The number of nitrogens with zero attached hydrogens (tertiary/aromatic N) is 2. The van der Waals surface area contributed by atoms with Gasteiger partial charge in [-0.25, -0.2) is 0 Å². The fraction of sp³-hybridized carbons (Fsp3) is 0.300. The Morgan fingerprint density at radius 3 is 2.68 bits per heavy atom. The quantitative estimate of drug-likeness (QED) is 0.584. The predicted octanol–water partition coefficient (Wildman–Crippen LogP) is 5.63. The number of rotatable bonds is 4. The van der Waals surface area contributed by atoms with Crippen LogP contribution < -0.4 is 4.80 Å². The van der Waals surface area contributed by atoms with Gasteiger partial charge in [0.25, 0.3) is 5.91 Å². The van der Waals surface area contributed by atoms with Gasteiger partial charge in [0.15, 0.2) is 4.80 Å². The van der Waals surface area contributed by atoms with Crippen LogP contribution in [-0.4, -0.2) is 10.5 Å². The maximum absolute atomic E-state index is 12.6. The molecule has 0 unspecified atom stereocenters. The molecule has 1 aromatic heterocycles. The van der Waals surface area contributed by atoms with E-state index >= 15 is 0 Å². The first-order valence-electron chi connectivity index (χ1n) is 8.48. The Balaban J connectivity index is 2.15. The zero-order valence-electron chi connectivity index (χ0n) is 14.6. The molecule has 1 heterocycles. The van der Waals surface area contributed by atoms with Gasteiger partial charge in [-0.15, -0.1) is 0 Å². The third-order valence-electron chi connectivity index (χ3n) is 4.12. The smallest absolute Gasteiger partial charge is 0.281 e. The van der Waals surface area contributed by atoms with E-state index in [1.165, 1.54) is 5.56 Å². The lowest BCUT2D eigenvalue weighted by molar-refractivity contribution is 0.0998. The van der Waals surface area contributed by atoms with Crippen LogP contribution in [0, 0.1) is 0 Å². The van der Waals surface area contributed by atoms with Gasteiger partial charge in [0.2, 0.25) is 0 Å².